The lowest BCUT2D eigenvalue weighted by Gasteiger charge is -2.10. The number of nitrogens with zero attached hydrogens (tertiary/aromatic N) is 7. The lowest BCUT2D eigenvalue weighted by molar-refractivity contribution is -0.386. The predicted molar refractivity (Wildman–Crippen MR) is 120 cm³/mol. The third-order valence-electron chi connectivity index (χ3n) is 5.00. The molecule has 0 spiro atoms. The quantitative estimate of drug-likeness (QED) is 0.210. The molecule has 0 saturated carbocycles. The van der Waals surface area contributed by atoms with Gasteiger partial charge in [0.25, 0.3) is 0 Å². The van der Waals surface area contributed by atoms with Gasteiger partial charge in [0.2, 0.25) is 5.28 Å². The maximum atomic E-state index is 14.8. The fraction of sp³-hybridized carbons (Fsp3) is 0.300. The Hall–Kier alpha value is -3.31. The molecule has 4 aromatic heterocycles. The average Bonchev–Trinajstić information content (AvgIpc) is 3.23. The van der Waals surface area contributed by atoms with Gasteiger partial charge in [0.05, 0.1) is 33.3 Å². The van der Waals surface area contributed by atoms with Crippen LogP contribution in [0.15, 0.2) is 24.5 Å². The normalized spacial score (nSPS) is 12.3. The molecule has 0 aromatic carbocycles. The molecule has 4 rings (SSSR count). The molecule has 0 radical (unpaired) electrons. The molecule has 0 aliphatic carbocycles. The van der Waals surface area contributed by atoms with Crippen molar-refractivity contribution in [2.45, 2.75) is 33.5 Å². The van der Waals surface area contributed by atoms with E-state index in [1.807, 2.05) is 6.92 Å². The Kier molecular flexibility index (Phi) is 6.17. The summed E-state index contributed by atoms with van der Waals surface area (Å²) >= 11 is 12.0. The van der Waals surface area contributed by atoms with Gasteiger partial charge >= 0.3 is 11.6 Å². The zero-order valence-corrected chi connectivity index (χ0v) is 19.3. The summed E-state index contributed by atoms with van der Waals surface area (Å²) in [7, 11) is 0. The van der Waals surface area contributed by atoms with Crippen molar-refractivity contribution in [2.24, 2.45) is 0 Å². The van der Waals surface area contributed by atoms with Crippen molar-refractivity contribution in [1.29, 1.82) is 0 Å². The van der Waals surface area contributed by atoms with Crippen LogP contribution in [-0.2, 0) is 6.54 Å². The van der Waals surface area contributed by atoms with Crippen molar-refractivity contribution in [1.82, 2.24) is 29.3 Å². The number of hydrogen-bond acceptors (Lipinski definition) is 7. The molecule has 1 atom stereocenters. The molecule has 0 unspecified atom stereocenters. The van der Waals surface area contributed by atoms with Crippen LogP contribution in [0.2, 0.25) is 10.3 Å². The van der Waals surface area contributed by atoms with Crippen LogP contribution in [0.3, 0.4) is 0 Å². The highest BCUT2D eigenvalue weighted by atomic mass is 35.5. The molecule has 0 aliphatic heterocycles. The van der Waals surface area contributed by atoms with E-state index in [-0.39, 0.29) is 29.1 Å². The fourth-order valence-electron chi connectivity index (χ4n) is 3.49. The van der Waals surface area contributed by atoms with Crippen molar-refractivity contribution in [2.75, 3.05) is 6.61 Å². The molecule has 33 heavy (non-hydrogen) atoms. The van der Waals surface area contributed by atoms with Crippen LogP contribution < -0.4 is 4.74 Å². The van der Waals surface area contributed by atoms with Crippen LogP contribution in [-0.4, -0.2) is 47.0 Å². The molecule has 13 heteroatoms. The lowest BCUT2D eigenvalue weighted by atomic mass is 10.2. The third kappa shape index (κ3) is 4.46. The summed E-state index contributed by atoms with van der Waals surface area (Å²) in [6, 6.07) is 3.53. The highest BCUT2D eigenvalue weighted by molar-refractivity contribution is 6.35. The highest BCUT2D eigenvalue weighted by Gasteiger charge is 2.29. The van der Waals surface area contributed by atoms with Gasteiger partial charge in [-0.25, -0.2) is 14.1 Å². The van der Waals surface area contributed by atoms with Gasteiger partial charge in [-0.3, -0.25) is 15.1 Å². The predicted octanol–water partition coefficient (Wildman–Crippen LogP) is 4.57. The number of rotatable bonds is 7. The van der Waals surface area contributed by atoms with E-state index < -0.39 is 17.7 Å². The molecule has 10 nitrogen and oxygen atoms in total. The molecule has 0 fully saturated rings. The second-order valence-electron chi connectivity index (χ2n) is 7.38. The van der Waals surface area contributed by atoms with Crippen molar-refractivity contribution < 1.29 is 14.1 Å². The number of aryl methyl sites for hydroxylation is 2. The number of aromatic nitrogens is 6. The Balaban J connectivity index is 1.57. The topological polar surface area (TPSA) is 114 Å². The number of pyridine rings is 1. The van der Waals surface area contributed by atoms with Gasteiger partial charge in [-0.05, 0) is 44.5 Å². The van der Waals surface area contributed by atoms with Crippen molar-refractivity contribution in [3.8, 4) is 11.6 Å². The fourth-order valence-corrected chi connectivity index (χ4v) is 3.87. The standard InChI is InChI=1S/C20H18Cl2FN7O3/c1-10-4-5-16(11(2)25-10)29-12(3)17(30(31)32)19(27-29)33-9-13(23)7-28-8-15(21)14-6-24-20(22)26-18(14)28/h4-6,8,13H,7,9H2,1-3H3/t13-/m0/s1. The first-order valence-electron chi connectivity index (χ1n) is 9.78. The van der Waals surface area contributed by atoms with E-state index in [1.54, 1.807) is 26.0 Å². The first-order valence-corrected chi connectivity index (χ1v) is 10.5. The van der Waals surface area contributed by atoms with E-state index in [4.69, 9.17) is 27.9 Å². The Bertz CT molecular complexity index is 1370. The summed E-state index contributed by atoms with van der Waals surface area (Å²) in [6.07, 6.45) is 1.42. The second kappa shape index (κ2) is 8.91. The first-order chi connectivity index (χ1) is 15.7. The molecule has 0 amide bonds. The maximum absolute atomic E-state index is 14.8. The lowest BCUT2D eigenvalue weighted by Crippen LogP contribution is -2.20. The minimum atomic E-state index is -1.54. The zero-order valence-electron chi connectivity index (χ0n) is 17.8. The smallest absolute Gasteiger partial charge is 0.353 e. The first kappa shape index (κ1) is 22.9. The monoisotopic (exact) mass is 493 g/mol. The number of fused-ring (bicyclic) bond motifs is 1. The van der Waals surface area contributed by atoms with Crippen molar-refractivity contribution in [3.63, 3.8) is 0 Å². The largest absolute Gasteiger partial charge is 0.469 e. The Labute approximate surface area is 197 Å². The van der Waals surface area contributed by atoms with Gasteiger partial charge in [0.1, 0.15) is 17.9 Å². The second-order valence-corrected chi connectivity index (χ2v) is 8.12. The molecule has 4 heterocycles. The van der Waals surface area contributed by atoms with Gasteiger partial charge in [-0.15, -0.1) is 5.10 Å². The minimum absolute atomic E-state index is 0.00250. The van der Waals surface area contributed by atoms with Crippen LogP contribution in [0.25, 0.3) is 16.7 Å². The number of alkyl halides is 1. The number of nitro groups is 1. The number of ether oxygens (including phenoxy) is 1. The Morgan fingerprint density at radius 3 is 2.70 bits per heavy atom. The molecule has 0 bridgehead atoms. The molecular weight excluding hydrogens is 476 g/mol. The third-order valence-corrected chi connectivity index (χ3v) is 5.48. The van der Waals surface area contributed by atoms with E-state index in [1.165, 1.54) is 21.6 Å². The molecule has 0 aliphatic rings. The molecule has 0 saturated heterocycles. The number of halogens is 3. The summed E-state index contributed by atoms with van der Waals surface area (Å²) in [5.41, 5.74) is 2.29. The van der Waals surface area contributed by atoms with E-state index >= 15 is 0 Å². The summed E-state index contributed by atoms with van der Waals surface area (Å²) in [5, 5.41) is 16.8. The van der Waals surface area contributed by atoms with E-state index in [9.17, 15) is 14.5 Å². The van der Waals surface area contributed by atoms with E-state index in [0.717, 1.165) is 5.69 Å². The average molecular weight is 494 g/mol. The van der Waals surface area contributed by atoms with E-state index in [2.05, 4.69) is 20.1 Å². The van der Waals surface area contributed by atoms with E-state index in [0.29, 0.717) is 27.4 Å². The van der Waals surface area contributed by atoms with Crippen LogP contribution >= 0.6 is 23.2 Å². The van der Waals surface area contributed by atoms with Gasteiger partial charge in [0.15, 0.2) is 6.17 Å². The molecular formula is C20H18Cl2FN7O3. The Morgan fingerprint density at radius 2 is 2.00 bits per heavy atom. The van der Waals surface area contributed by atoms with Gasteiger partial charge in [-0.1, -0.05) is 11.6 Å². The summed E-state index contributed by atoms with van der Waals surface area (Å²) in [5.74, 6) is -0.277. The van der Waals surface area contributed by atoms with Gasteiger partial charge in [-0.2, -0.15) is 4.98 Å². The van der Waals surface area contributed by atoms with Crippen LogP contribution in [0, 0.1) is 30.9 Å². The van der Waals surface area contributed by atoms with Gasteiger partial charge < -0.3 is 9.30 Å². The highest BCUT2D eigenvalue weighted by Crippen LogP contribution is 2.32. The minimum Gasteiger partial charge on any atom is -0.469 e. The van der Waals surface area contributed by atoms with Crippen LogP contribution in [0.5, 0.6) is 5.88 Å². The molecule has 4 aromatic rings. The SMILES string of the molecule is Cc1ccc(-n2nc(OC[C@@H](F)Cn3cc(Cl)c4cnc(Cl)nc43)c([N+](=O)[O-])c2C)c(C)n1. The van der Waals surface area contributed by atoms with Crippen molar-refractivity contribution >= 4 is 39.9 Å². The molecule has 0 N–H and O–H groups in total. The molecule has 172 valence electrons. The zero-order chi connectivity index (χ0) is 23.9. The number of hydrogen-bond donors (Lipinski definition) is 0. The summed E-state index contributed by atoms with van der Waals surface area (Å²) in [4.78, 5) is 23.4. The maximum Gasteiger partial charge on any atom is 0.353 e. The summed E-state index contributed by atoms with van der Waals surface area (Å²) < 4.78 is 23.1. The van der Waals surface area contributed by atoms with Crippen LogP contribution in [0.1, 0.15) is 17.1 Å². The summed E-state index contributed by atoms with van der Waals surface area (Å²) in [6.45, 7) is 4.52. The van der Waals surface area contributed by atoms with Crippen molar-refractivity contribution in [3.05, 3.63) is 62.0 Å². The van der Waals surface area contributed by atoms with Crippen LogP contribution in [0.4, 0.5) is 10.1 Å². The Morgan fingerprint density at radius 1 is 1.24 bits per heavy atom. The van der Waals surface area contributed by atoms with Gasteiger partial charge in [0, 0.05) is 18.1 Å².